The maximum absolute atomic E-state index is 14.2. The first-order valence-electron chi connectivity index (χ1n) is 16.0. The number of phenolic OH excluding ortho intramolecular Hbond substituents is 7. The number of hydrogen-bond acceptors (Lipinski definition) is 16. The van der Waals surface area contributed by atoms with Crippen molar-refractivity contribution in [1.82, 2.24) is 0 Å². The number of benzene rings is 4. The van der Waals surface area contributed by atoms with Crippen LogP contribution in [0.15, 0.2) is 72.8 Å². The highest BCUT2D eigenvalue weighted by Gasteiger charge is 2.46. The van der Waals surface area contributed by atoms with Crippen LogP contribution in [0, 0.1) is 0 Å². The van der Waals surface area contributed by atoms with E-state index in [2.05, 4.69) is 0 Å². The van der Waals surface area contributed by atoms with Crippen molar-refractivity contribution in [3.8, 4) is 46.0 Å². The third kappa shape index (κ3) is 8.33. The predicted octanol–water partition coefficient (Wildman–Crippen LogP) is 3.51. The van der Waals surface area contributed by atoms with E-state index >= 15 is 0 Å². The van der Waals surface area contributed by atoms with Crippen LogP contribution in [0.4, 0.5) is 0 Å². The van der Waals surface area contributed by atoms with Gasteiger partial charge in [0.15, 0.2) is 46.0 Å². The van der Waals surface area contributed by atoms with E-state index in [1.807, 2.05) is 0 Å². The summed E-state index contributed by atoms with van der Waals surface area (Å²) in [6, 6.07) is 13.6. The lowest BCUT2D eigenvalue weighted by atomic mass is 9.87. The van der Waals surface area contributed by atoms with Crippen molar-refractivity contribution in [3.05, 3.63) is 101 Å². The Hall–Kier alpha value is -7.10. The summed E-state index contributed by atoms with van der Waals surface area (Å²) in [5.74, 6) is -9.00. The Balaban J connectivity index is 1.49. The number of carbonyl (C=O) groups excluding carboxylic acids is 4. The highest BCUT2D eigenvalue weighted by molar-refractivity contribution is 5.92. The zero-order valence-electron chi connectivity index (χ0n) is 28.5. The second-order valence-corrected chi connectivity index (χ2v) is 12.0. The van der Waals surface area contributed by atoms with Gasteiger partial charge in [0.05, 0.1) is 14.2 Å². The molecule has 0 aromatic heterocycles. The highest BCUT2D eigenvalue weighted by Crippen LogP contribution is 2.53. The number of fused-ring (bicyclic) bond motifs is 1. The minimum Gasteiger partial charge on any atom is -0.504 e. The summed E-state index contributed by atoms with van der Waals surface area (Å²) < 4.78 is 26.7. The lowest BCUT2D eigenvalue weighted by molar-refractivity contribution is -0.167. The largest absolute Gasteiger partial charge is 0.504 e. The molecule has 1 aliphatic rings. The van der Waals surface area contributed by atoms with Crippen LogP contribution in [0.25, 0.3) is 6.08 Å². The van der Waals surface area contributed by atoms with Crippen molar-refractivity contribution in [2.45, 2.75) is 37.1 Å². The fourth-order valence-electron chi connectivity index (χ4n) is 5.74. The monoisotopic (exact) mass is 746 g/mol. The van der Waals surface area contributed by atoms with Crippen LogP contribution in [0.1, 0.15) is 39.8 Å². The van der Waals surface area contributed by atoms with Gasteiger partial charge in [-0.3, -0.25) is 4.79 Å². The molecule has 7 N–H and O–H groups in total. The van der Waals surface area contributed by atoms with Crippen molar-refractivity contribution in [2.24, 2.45) is 0 Å². The minimum absolute atomic E-state index is 0.0170. The number of phenols is 7. The SMILES string of the molecule is COC(=O)[C@@H](Cc1ccc(O)c(O)c1)OC(=O)C=Cc1ccc(O)c2c1[C@H](C(=O)O[C@H](Cc1ccc(O)c(O)c1)C(=O)OC)[C@@H](c1ccc(O)c(O)c1)O2. The van der Waals surface area contributed by atoms with Gasteiger partial charge < -0.3 is 59.4 Å². The molecule has 16 nitrogen and oxygen atoms in total. The van der Waals surface area contributed by atoms with Crippen LogP contribution < -0.4 is 4.74 Å². The average molecular weight is 747 g/mol. The zero-order chi connectivity index (χ0) is 39.3. The maximum Gasteiger partial charge on any atom is 0.347 e. The van der Waals surface area contributed by atoms with Crippen molar-refractivity contribution < 1.29 is 78.6 Å². The number of methoxy groups -OCH3 is 2. The molecule has 0 radical (unpaired) electrons. The molecule has 4 atom stereocenters. The van der Waals surface area contributed by atoms with Gasteiger partial charge in [-0.05, 0) is 70.8 Å². The standard InChI is InChI=1S/C38H34O16/c1-50-36(47)29(15-18-3-8-22(39)26(43)13-18)52-31(46)12-7-20-5-11-25(42)35-32(20)33(34(54-35)21-6-10-24(41)28(45)17-21)38(49)53-30(37(48)51-2)16-19-4-9-23(40)27(44)14-19/h3-14,17,29-30,33-34,39-45H,15-16H2,1-2H3/t29-,30-,33+,34-/m1/s1. The van der Waals surface area contributed by atoms with E-state index < -0.39 is 88.4 Å². The first-order chi connectivity index (χ1) is 25.7. The van der Waals surface area contributed by atoms with Gasteiger partial charge in [0, 0.05) is 24.5 Å². The summed E-state index contributed by atoms with van der Waals surface area (Å²) in [7, 11) is 2.14. The lowest BCUT2D eigenvalue weighted by Gasteiger charge is -2.22. The zero-order valence-corrected chi connectivity index (χ0v) is 28.5. The van der Waals surface area contributed by atoms with Crippen molar-refractivity contribution in [2.75, 3.05) is 14.2 Å². The van der Waals surface area contributed by atoms with Gasteiger partial charge in [0.1, 0.15) is 12.0 Å². The highest BCUT2D eigenvalue weighted by atomic mass is 16.6. The van der Waals surface area contributed by atoms with Crippen molar-refractivity contribution >= 4 is 30.0 Å². The number of carbonyl (C=O) groups is 4. The molecule has 4 aromatic carbocycles. The molecule has 0 fully saturated rings. The molecule has 1 aliphatic heterocycles. The summed E-state index contributed by atoms with van der Waals surface area (Å²) >= 11 is 0. The van der Waals surface area contributed by atoms with Gasteiger partial charge in [-0.2, -0.15) is 0 Å². The van der Waals surface area contributed by atoms with Crippen LogP contribution in [-0.2, 0) is 51.0 Å². The molecule has 0 saturated heterocycles. The van der Waals surface area contributed by atoms with Gasteiger partial charge >= 0.3 is 23.9 Å². The van der Waals surface area contributed by atoms with Crippen LogP contribution in [0.2, 0.25) is 0 Å². The number of aromatic hydroxyl groups is 7. The Morgan fingerprint density at radius 1 is 0.648 bits per heavy atom. The molecule has 0 saturated carbocycles. The molecule has 4 aromatic rings. The van der Waals surface area contributed by atoms with Crippen LogP contribution in [0.3, 0.4) is 0 Å². The normalized spacial score (nSPS) is 15.7. The molecular formula is C38H34O16. The van der Waals surface area contributed by atoms with Crippen LogP contribution >= 0.6 is 0 Å². The van der Waals surface area contributed by atoms with Crippen LogP contribution in [-0.4, -0.2) is 86.1 Å². The Bertz CT molecular complexity index is 2120. The summed E-state index contributed by atoms with van der Waals surface area (Å²) in [5.41, 5.74) is 0.839. The number of hydrogen-bond donors (Lipinski definition) is 7. The molecule has 54 heavy (non-hydrogen) atoms. The van der Waals surface area contributed by atoms with Gasteiger partial charge in [0.2, 0.25) is 12.2 Å². The Kier molecular flexibility index (Phi) is 11.3. The molecule has 5 rings (SSSR count). The van der Waals surface area contributed by atoms with E-state index in [1.54, 1.807) is 0 Å². The predicted molar refractivity (Wildman–Crippen MR) is 184 cm³/mol. The van der Waals surface area contributed by atoms with E-state index in [-0.39, 0.29) is 40.8 Å². The van der Waals surface area contributed by atoms with E-state index in [4.69, 9.17) is 23.7 Å². The molecule has 0 spiro atoms. The second-order valence-electron chi connectivity index (χ2n) is 12.0. The Morgan fingerprint density at radius 2 is 1.15 bits per heavy atom. The van der Waals surface area contributed by atoms with Gasteiger partial charge in [-0.1, -0.05) is 24.3 Å². The molecular weight excluding hydrogens is 712 g/mol. The van der Waals surface area contributed by atoms with Crippen molar-refractivity contribution in [3.63, 3.8) is 0 Å². The summed E-state index contributed by atoms with van der Waals surface area (Å²) in [6.07, 6.45) is -2.82. The maximum atomic E-state index is 14.2. The molecule has 0 unspecified atom stereocenters. The molecule has 1 heterocycles. The Labute approximate surface area is 306 Å². The minimum atomic E-state index is -1.60. The Morgan fingerprint density at radius 3 is 1.67 bits per heavy atom. The summed E-state index contributed by atoms with van der Waals surface area (Å²) in [4.78, 5) is 52.5. The molecule has 0 aliphatic carbocycles. The summed E-state index contributed by atoms with van der Waals surface area (Å²) in [5, 5.41) is 70.2. The van der Waals surface area contributed by atoms with Gasteiger partial charge in [0.25, 0.3) is 0 Å². The average Bonchev–Trinajstić information content (AvgIpc) is 3.56. The molecule has 16 heteroatoms. The van der Waals surface area contributed by atoms with E-state index in [0.29, 0.717) is 5.56 Å². The second kappa shape index (κ2) is 16.1. The van der Waals surface area contributed by atoms with Gasteiger partial charge in [-0.15, -0.1) is 0 Å². The molecule has 0 bridgehead atoms. The van der Waals surface area contributed by atoms with Crippen molar-refractivity contribution in [1.29, 1.82) is 0 Å². The summed E-state index contributed by atoms with van der Waals surface area (Å²) in [6.45, 7) is 0. The fourth-order valence-corrected chi connectivity index (χ4v) is 5.74. The quantitative estimate of drug-likeness (QED) is 0.0474. The number of ether oxygens (including phenoxy) is 5. The van der Waals surface area contributed by atoms with Gasteiger partial charge in [-0.25, -0.2) is 14.4 Å². The third-order valence-corrected chi connectivity index (χ3v) is 8.42. The number of rotatable bonds is 12. The molecule has 0 amide bonds. The van der Waals surface area contributed by atoms with Crippen LogP contribution in [0.5, 0.6) is 46.0 Å². The molecule has 282 valence electrons. The first-order valence-corrected chi connectivity index (χ1v) is 16.0. The third-order valence-electron chi connectivity index (χ3n) is 8.42. The first kappa shape index (κ1) is 38.1. The van der Waals surface area contributed by atoms with E-state index in [9.17, 15) is 54.9 Å². The van der Waals surface area contributed by atoms with E-state index in [0.717, 1.165) is 38.5 Å². The number of esters is 4. The topological polar surface area (TPSA) is 256 Å². The fraction of sp³-hybridized carbons (Fsp3) is 0.211. The smallest absolute Gasteiger partial charge is 0.347 e. The lowest BCUT2D eigenvalue weighted by Crippen LogP contribution is -2.33. The van der Waals surface area contributed by atoms with E-state index in [1.165, 1.54) is 54.6 Å².